The Morgan fingerprint density at radius 1 is 1.22 bits per heavy atom. The molecule has 1 heterocycles. The Hall–Kier alpha value is -1.13. The molecule has 4 heteroatoms. The van der Waals surface area contributed by atoms with Gasteiger partial charge < -0.3 is 10.5 Å². The number of ether oxygens (including phenoxy) is 1. The molecule has 1 aliphatic rings. The Morgan fingerprint density at radius 2 is 2.00 bits per heavy atom. The number of nitrogens with two attached hydrogens (primary N) is 1. The van der Waals surface area contributed by atoms with Crippen molar-refractivity contribution in [1.29, 1.82) is 0 Å². The molecule has 0 atom stereocenters. The zero-order valence-corrected chi connectivity index (χ0v) is 10.7. The Bertz CT molecular complexity index is 378. The molecule has 1 aliphatic heterocycles. The van der Waals surface area contributed by atoms with E-state index in [1.54, 1.807) is 12.1 Å². The smallest absolute Gasteiger partial charge is 0.131 e. The van der Waals surface area contributed by atoms with Crippen molar-refractivity contribution in [2.45, 2.75) is 25.8 Å². The summed E-state index contributed by atoms with van der Waals surface area (Å²) in [6.45, 7) is 3.97. The summed E-state index contributed by atoms with van der Waals surface area (Å²) in [7, 11) is 0. The van der Waals surface area contributed by atoms with Gasteiger partial charge in [0.15, 0.2) is 0 Å². The standard InChI is InChI=1S/C14H21FN2O/c15-13-5-4-6-14(12(13)11-16)18-10-9-17-7-2-1-3-8-17/h4-6H,1-3,7-11,16H2. The summed E-state index contributed by atoms with van der Waals surface area (Å²) in [5.41, 5.74) is 6.00. The van der Waals surface area contributed by atoms with Gasteiger partial charge in [0.1, 0.15) is 18.2 Å². The Kier molecular flexibility index (Phi) is 4.96. The second kappa shape index (κ2) is 6.71. The normalized spacial score (nSPS) is 16.8. The highest BCUT2D eigenvalue weighted by molar-refractivity contribution is 5.34. The molecule has 100 valence electrons. The SMILES string of the molecule is NCc1c(F)cccc1OCCN1CCCCC1. The Labute approximate surface area is 108 Å². The third kappa shape index (κ3) is 3.43. The van der Waals surface area contributed by atoms with Crippen molar-refractivity contribution in [2.75, 3.05) is 26.2 Å². The van der Waals surface area contributed by atoms with Gasteiger partial charge in [-0.25, -0.2) is 4.39 Å². The summed E-state index contributed by atoms with van der Waals surface area (Å²) >= 11 is 0. The van der Waals surface area contributed by atoms with Crippen LogP contribution >= 0.6 is 0 Å². The molecular weight excluding hydrogens is 231 g/mol. The summed E-state index contributed by atoms with van der Waals surface area (Å²) in [6, 6.07) is 4.85. The van der Waals surface area contributed by atoms with Crippen LogP contribution in [0.15, 0.2) is 18.2 Å². The number of likely N-dealkylation sites (tertiary alicyclic amines) is 1. The topological polar surface area (TPSA) is 38.5 Å². The van der Waals surface area contributed by atoms with Gasteiger partial charge in [-0.05, 0) is 38.1 Å². The second-order valence-corrected chi connectivity index (χ2v) is 4.67. The zero-order chi connectivity index (χ0) is 12.8. The molecule has 0 saturated carbocycles. The van der Waals surface area contributed by atoms with E-state index in [1.807, 2.05) is 0 Å². The van der Waals surface area contributed by atoms with Crippen molar-refractivity contribution in [2.24, 2.45) is 5.73 Å². The van der Waals surface area contributed by atoms with E-state index in [2.05, 4.69) is 4.90 Å². The van der Waals surface area contributed by atoms with Gasteiger partial charge in [-0.1, -0.05) is 12.5 Å². The number of halogens is 1. The first-order valence-corrected chi connectivity index (χ1v) is 6.64. The Morgan fingerprint density at radius 3 is 2.72 bits per heavy atom. The molecule has 2 N–H and O–H groups in total. The molecule has 0 radical (unpaired) electrons. The largest absolute Gasteiger partial charge is 0.492 e. The molecule has 0 bridgehead atoms. The van der Waals surface area contributed by atoms with Crippen LogP contribution < -0.4 is 10.5 Å². The molecule has 1 aromatic rings. The van der Waals surface area contributed by atoms with E-state index in [4.69, 9.17) is 10.5 Å². The molecular formula is C14H21FN2O. The molecule has 1 aromatic carbocycles. The maximum absolute atomic E-state index is 13.5. The third-order valence-corrected chi connectivity index (χ3v) is 3.39. The average Bonchev–Trinajstić information content (AvgIpc) is 2.40. The van der Waals surface area contributed by atoms with Gasteiger partial charge in [0.05, 0.1) is 0 Å². The Balaban J connectivity index is 1.84. The third-order valence-electron chi connectivity index (χ3n) is 3.39. The van der Waals surface area contributed by atoms with Gasteiger partial charge >= 0.3 is 0 Å². The number of rotatable bonds is 5. The van der Waals surface area contributed by atoms with Crippen LogP contribution in [0.5, 0.6) is 5.75 Å². The second-order valence-electron chi connectivity index (χ2n) is 4.67. The monoisotopic (exact) mass is 252 g/mol. The van der Waals surface area contributed by atoms with Crippen LogP contribution in [-0.4, -0.2) is 31.1 Å². The van der Waals surface area contributed by atoms with Gasteiger partial charge in [-0.3, -0.25) is 4.90 Å². The van der Waals surface area contributed by atoms with Crippen LogP contribution in [0.2, 0.25) is 0 Å². The number of hydrogen-bond donors (Lipinski definition) is 1. The molecule has 0 unspecified atom stereocenters. The van der Waals surface area contributed by atoms with Crippen molar-refractivity contribution in [3.63, 3.8) is 0 Å². The number of hydrogen-bond acceptors (Lipinski definition) is 3. The van der Waals surface area contributed by atoms with Crippen molar-refractivity contribution in [3.8, 4) is 5.75 Å². The van der Waals surface area contributed by atoms with E-state index in [1.165, 1.54) is 25.3 Å². The maximum Gasteiger partial charge on any atom is 0.131 e. The fourth-order valence-corrected chi connectivity index (χ4v) is 2.34. The highest BCUT2D eigenvalue weighted by atomic mass is 19.1. The van der Waals surface area contributed by atoms with Crippen LogP contribution in [0.4, 0.5) is 4.39 Å². The van der Waals surface area contributed by atoms with Crippen LogP contribution in [0.1, 0.15) is 24.8 Å². The van der Waals surface area contributed by atoms with Crippen molar-refractivity contribution >= 4 is 0 Å². The molecule has 18 heavy (non-hydrogen) atoms. The number of nitrogens with zero attached hydrogens (tertiary/aromatic N) is 1. The van der Waals surface area contributed by atoms with Crippen molar-refractivity contribution < 1.29 is 9.13 Å². The number of piperidine rings is 1. The van der Waals surface area contributed by atoms with E-state index < -0.39 is 0 Å². The van der Waals surface area contributed by atoms with Crippen molar-refractivity contribution in [3.05, 3.63) is 29.6 Å². The molecule has 3 nitrogen and oxygen atoms in total. The number of benzene rings is 1. The molecule has 1 saturated heterocycles. The summed E-state index contributed by atoms with van der Waals surface area (Å²) in [6.07, 6.45) is 3.88. The van der Waals surface area contributed by atoms with Crippen LogP contribution in [-0.2, 0) is 6.54 Å². The summed E-state index contributed by atoms with van der Waals surface area (Å²) < 4.78 is 19.1. The maximum atomic E-state index is 13.5. The van der Waals surface area contributed by atoms with Crippen molar-refractivity contribution in [1.82, 2.24) is 4.90 Å². The van der Waals surface area contributed by atoms with Gasteiger partial charge in [-0.15, -0.1) is 0 Å². The lowest BCUT2D eigenvalue weighted by molar-refractivity contribution is 0.182. The predicted octanol–water partition coefficient (Wildman–Crippen LogP) is 2.15. The first-order chi connectivity index (χ1) is 8.81. The van der Waals surface area contributed by atoms with Gasteiger partial charge in [0, 0.05) is 18.7 Å². The fourth-order valence-electron chi connectivity index (χ4n) is 2.34. The van der Waals surface area contributed by atoms with Crippen LogP contribution in [0, 0.1) is 5.82 Å². The molecule has 0 aliphatic carbocycles. The first-order valence-electron chi connectivity index (χ1n) is 6.64. The fraction of sp³-hybridized carbons (Fsp3) is 0.571. The van der Waals surface area contributed by atoms with E-state index in [9.17, 15) is 4.39 Å². The lowest BCUT2D eigenvalue weighted by atomic mass is 10.1. The van der Waals surface area contributed by atoms with E-state index in [0.717, 1.165) is 19.6 Å². The van der Waals surface area contributed by atoms with Gasteiger partial charge in [-0.2, -0.15) is 0 Å². The van der Waals surface area contributed by atoms with Crippen LogP contribution in [0.25, 0.3) is 0 Å². The van der Waals surface area contributed by atoms with E-state index in [0.29, 0.717) is 17.9 Å². The molecule has 0 amide bonds. The minimum atomic E-state index is -0.284. The summed E-state index contributed by atoms with van der Waals surface area (Å²) in [5.74, 6) is 0.294. The van der Waals surface area contributed by atoms with E-state index >= 15 is 0 Å². The van der Waals surface area contributed by atoms with Gasteiger partial charge in [0.25, 0.3) is 0 Å². The zero-order valence-electron chi connectivity index (χ0n) is 10.7. The quantitative estimate of drug-likeness (QED) is 0.872. The van der Waals surface area contributed by atoms with Crippen LogP contribution in [0.3, 0.4) is 0 Å². The highest BCUT2D eigenvalue weighted by Gasteiger charge is 2.11. The van der Waals surface area contributed by atoms with E-state index in [-0.39, 0.29) is 12.4 Å². The first kappa shape index (κ1) is 13.3. The lowest BCUT2D eigenvalue weighted by Gasteiger charge is -2.26. The highest BCUT2D eigenvalue weighted by Crippen LogP contribution is 2.20. The lowest BCUT2D eigenvalue weighted by Crippen LogP contribution is -2.33. The minimum Gasteiger partial charge on any atom is -0.492 e. The average molecular weight is 252 g/mol. The summed E-state index contributed by atoms with van der Waals surface area (Å²) in [4.78, 5) is 2.39. The molecule has 0 spiro atoms. The summed E-state index contributed by atoms with van der Waals surface area (Å²) in [5, 5.41) is 0. The minimum absolute atomic E-state index is 0.172. The molecule has 0 aromatic heterocycles. The molecule has 1 fully saturated rings. The molecule has 2 rings (SSSR count). The van der Waals surface area contributed by atoms with Gasteiger partial charge in [0.2, 0.25) is 0 Å². The predicted molar refractivity (Wildman–Crippen MR) is 70.1 cm³/mol.